The minimum atomic E-state index is -0.290. The van der Waals surface area contributed by atoms with Gasteiger partial charge in [-0.05, 0) is 18.2 Å². The van der Waals surface area contributed by atoms with Gasteiger partial charge in [-0.1, -0.05) is 25.9 Å². The van der Waals surface area contributed by atoms with Crippen LogP contribution in [0, 0.1) is 0 Å². The Morgan fingerprint density at radius 3 is 2.83 bits per heavy atom. The monoisotopic (exact) mass is 347 g/mol. The van der Waals surface area contributed by atoms with E-state index in [0.717, 1.165) is 23.6 Å². The lowest BCUT2D eigenvalue weighted by Gasteiger charge is -2.12. The van der Waals surface area contributed by atoms with Crippen LogP contribution in [-0.2, 0) is 5.41 Å². The van der Waals surface area contributed by atoms with E-state index in [1.165, 1.54) is 6.20 Å². The molecule has 1 N–H and O–H groups in total. The van der Waals surface area contributed by atoms with Gasteiger partial charge in [-0.15, -0.1) is 0 Å². The molecule has 1 amide bonds. The zero-order valence-corrected chi connectivity index (χ0v) is 14.9. The highest BCUT2D eigenvalue weighted by atomic mass is 32.2. The molecule has 0 radical (unpaired) electrons. The van der Waals surface area contributed by atoms with E-state index in [0.29, 0.717) is 17.3 Å². The zero-order valence-electron chi connectivity index (χ0n) is 14.0. The van der Waals surface area contributed by atoms with Crippen LogP contribution < -0.4 is 10.1 Å². The number of amides is 1. The van der Waals surface area contributed by atoms with Crippen molar-refractivity contribution in [3.63, 3.8) is 0 Å². The van der Waals surface area contributed by atoms with Crippen molar-refractivity contribution in [2.24, 2.45) is 0 Å². The van der Waals surface area contributed by atoms with E-state index in [2.05, 4.69) is 15.5 Å². The van der Waals surface area contributed by atoms with Gasteiger partial charge in [-0.25, -0.2) is 4.98 Å². The van der Waals surface area contributed by atoms with Crippen LogP contribution in [0.25, 0.3) is 0 Å². The summed E-state index contributed by atoms with van der Waals surface area (Å²) in [6.07, 6.45) is 2.76. The van der Waals surface area contributed by atoms with E-state index in [-0.39, 0.29) is 17.4 Å². The number of hydrogen-bond acceptors (Lipinski definition) is 6. The predicted octanol–water partition coefficient (Wildman–Crippen LogP) is 3.50. The molecule has 1 atom stereocenters. The lowest BCUT2D eigenvalue weighted by Crippen LogP contribution is -2.16. The van der Waals surface area contributed by atoms with Crippen molar-refractivity contribution in [3.05, 3.63) is 35.7 Å². The normalized spacial score (nSPS) is 17.7. The Morgan fingerprint density at radius 1 is 1.42 bits per heavy atom. The number of pyridine rings is 1. The van der Waals surface area contributed by atoms with Crippen molar-refractivity contribution in [2.75, 3.05) is 16.8 Å². The number of hydrogen-bond donors (Lipinski definition) is 1. The second-order valence-corrected chi connectivity index (χ2v) is 7.92. The molecule has 0 bridgehead atoms. The lowest BCUT2D eigenvalue weighted by molar-refractivity contribution is 0.102. The summed E-state index contributed by atoms with van der Waals surface area (Å²) in [6, 6.07) is 5.15. The largest absolute Gasteiger partial charge is 0.473 e. The first-order valence-electron chi connectivity index (χ1n) is 7.91. The summed E-state index contributed by atoms with van der Waals surface area (Å²) in [5.41, 5.74) is 1.09. The van der Waals surface area contributed by atoms with Crippen LogP contribution in [0.4, 0.5) is 5.88 Å². The average molecular weight is 347 g/mol. The second kappa shape index (κ2) is 6.84. The number of thioether (sulfide) groups is 1. The van der Waals surface area contributed by atoms with Crippen LogP contribution in [0.1, 0.15) is 43.2 Å². The second-order valence-electron chi connectivity index (χ2n) is 6.77. The van der Waals surface area contributed by atoms with E-state index in [1.54, 1.807) is 18.2 Å². The summed E-state index contributed by atoms with van der Waals surface area (Å²) >= 11 is 1.88. The molecule has 0 saturated carbocycles. The number of nitrogens with zero attached hydrogens (tertiary/aromatic N) is 2. The highest BCUT2D eigenvalue weighted by Crippen LogP contribution is 2.24. The van der Waals surface area contributed by atoms with Crippen LogP contribution in [0.2, 0.25) is 0 Å². The van der Waals surface area contributed by atoms with E-state index in [1.807, 2.05) is 32.5 Å². The molecule has 2 aromatic heterocycles. The third-order valence-corrected chi connectivity index (χ3v) is 4.82. The summed E-state index contributed by atoms with van der Waals surface area (Å²) in [4.78, 5) is 16.5. The fraction of sp³-hybridized carbons (Fsp3) is 0.471. The smallest absolute Gasteiger partial charge is 0.259 e. The maximum absolute atomic E-state index is 12.2. The average Bonchev–Trinajstić information content (AvgIpc) is 3.19. The molecule has 1 fully saturated rings. The zero-order chi connectivity index (χ0) is 17.2. The molecule has 0 aromatic carbocycles. The molecular formula is C17H21N3O3S. The van der Waals surface area contributed by atoms with Crippen molar-refractivity contribution < 1.29 is 14.1 Å². The van der Waals surface area contributed by atoms with Gasteiger partial charge in [-0.2, -0.15) is 11.8 Å². The molecule has 2 aromatic rings. The van der Waals surface area contributed by atoms with Crippen molar-refractivity contribution in [2.45, 2.75) is 38.7 Å². The van der Waals surface area contributed by atoms with Gasteiger partial charge in [0, 0.05) is 29.5 Å². The Morgan fingerprint density at radius 2 is 2.25 bits per heavy atom. The van der Waals surface area contributed by atoms with Crippen molar-refractivity contribution in [1.82, 2.24) is 10.1 Å². The SMILES string of the molecule is CC(C)(C)c1cc(NC(=O)c2ccc(O[C@@H]3CCSC3)nc2)on1. The molecule has 3 heterocycles. The molecule has 128 valence electrons. The lowest BCUT2D eigenvalue weighted by atomic mass is 9.92. The van der Waals surface area contributed by atoms with Crippen LogP contribution in [0.3, 0.4) is 0 Å². The molecule has 0 unspecified atom stereocenters. The van der Waals surface area contributed by atoms with Gasteiger partial charge in [0.25, 0.3) is 5.91 Å². The number of ether oxygens (including phenoxy) is 1. The molecule has 1 saturated heterocycles. The van der Waals surface area contributed by atoms with Crippen molar-refractivity contribution >= 4 is 23.6 Å². The fourth-order valence-corrected chi connectivity index (χ4v) is 3.33. The summed E-state index contributed by atoms with van der Waals surface area (Å²) in [5, 5.41) is 6.67. The predicted molar refractivity (Wildman–Crippen MR) is 93.8 cm³/mol. The Kier molecular flexibility index (Phi) is 4.80. The minimum Gasteiger partial charge on any atom is -0.473 e. The Hall–Kier alpha value is -2.02. The van der Waals surface area contributed by atoms with Gasteiger partial charge in [-0.3, -0.25) is 10.1 Å². The third-order valence-electron chi connectivity index (χ3n) is 3.69. The Bertz CT molecular complexity index is 701. The topological polar surface area (TPSA) is 77.2 Å². The van der Waals surface area contributed by atoms with Gasteiger partial charge >= 0.3 is 0 Å². The number of nitrogens with one attached hydrogen (secondary N) is 1. The molecule has 1 aliphatic heterocycles. The van der Waals surface area contributed by atoms with E-state index in [9.17, 15) is 4.79 Å². The molecule has 1 aliphatic rings. The minimum absolute atomic E-state index is 0.133. The summed E-state index contributed by atoms with van der Waals surface area (Å²) in [7, 11) is 0. The molecule has 0 aliphatic carbocycles. The van der Waals surface area contributed by atoms with Crippen LogP contribution in [-0.4, -0.2) is 33.7 Å². The maximum Gasteiger partial charge on any atom is 0.259 e. The summed E-state index contributed by atoms with van der Waals surface area (Å²) in [6.45, 7) is 6.09. The van der Waals surface area contributed by atoms with Gasteiger partial charge in [0.2, 0.25) is 11.8 Å². The molecule has 0 spiro atoms. The number of rotatable bonds is 4. The van der Waals surface area contributed by atoms with Crippen molar-refractivity contribution in [3.8, 4) is 5.88 Å². The first kappa shape index (κ1) is 16.8. The third kappa shape index (κ3) is 4.08. The van der Waals surface area contributed by atoms with Crippen LogP contribution in [0.5, 0.6) is 5.88 Å². The molecule has 6 nitrogen and oxygen atoms in total. The summed E-state index contributed by atoms with van der Waals surface area (Å²) < 4.78 is 10.9. The van der Waals surface area contributed by atoms with E-state index < -0.39 is 0 Å². The van der Waals surface area contributed by atoms with Gasteiger partial charge in [0.05, 0.1) is 11.3 Å². The van der Waals surface area contributed by atoms with Crippen molar-refractivity contribution in [1.29, 1.82) is 0 Å². The van der Waals surface area contributed by atoms with Crippen LogP contribution in [0.15, 0.2) is 28.9 Å². The highest BCUT2D eigenvalue weighted by molar-refractivity contribution is 7.99. The standard InChI is InChI=1S/C17H21N3O3S/c1-17(2,3)13-8-15(23-20-13)19-16(21)11-4-5-14(18-9-11)22-12-6-7-24-10-12/h4-5,8-9,12H,6-7,10H2,1-3H3,(H,19,21)/t12-/m1/s1. The number of carbonyl (C=O) groups excluding carboxylic acids is 1. The highest BCUT2D eigenvalue weighted by Gasteiger charge is 2.20. The quantitative estimate of drug-likeness (QED) is 0.912. The first-order valence-corrected chi connectivity index (χ1v) is 9.06. The Balaban J connectivity index is 1.61. The summed E-state index contributed by atoms with van der Waals surface area (Å²) in [5.74, 6) is 2.70. The maximum atomic E-state index is 12.2. The number of anilines is 1. The molecular weight excluding hydrogens is 326 g/mol. The number of carbonyl (C=O) groups is 1. The Labute approximate surface area is 145 Å². The number of aromatic nitrogens is 2. The first-order chi connectivity index (χ1) is 11.4. The van der Waals surface area contributed by atoms with E-state index in [4.69, 9.17) is 9.26 Å². The fourth-order valence-electron chi connectivity index (χ4n) is 2.23. The molecule has 7 heteroatoms. The molecule has 24 heavy (non-hydrogen) atoms. The van der Waals surface area contributed by atoms with Gasteiger partial charge in [0.1, 0.15) is 6.10 Å². The van der Waals surface area contributed by atoms with Crippen LogP contribution >= 0.6 is 11.8 Å². The van der Waals surface area contributed by atoms with E-state index >= 15 is 0 Å². The van der Waals surface area contributed by atoms with Gasteiger partial charge in [0.15, 0.2) is 0 Å². The molecule has 3 rings (SSSR count). The van der Waals surface area contributed by atoms with Gasteiger partial charge < -0.3 is 9.26 Å².